The van der Waals surface area contributed by atoms with Gasteiger partial charge in [0.25, 0.3) is 5.69 Å². The van der Waals surface area contributed by atoms with E-state index in [0.29, 0.717) is 5.56 Å². The second-order valence-electron chi connectivity index (χ2n) is 6.52. The van der Waals surface area contributed by atoms with E-state index in [4.69, 9.17) is 0 Å². The Balaban J connectivity index is 1.57. The summed E-state index contributed by atoms with van der Waals surface area (Å²) in [6.07, 6.45) is 6.04. The van der Waals surface area contributed by atoms with Crippen molar-refractivity contribution in [2.75, 3.05) is 0 Å². The van der Waals surface area contributed by atoms with E-state index >= 15 is 0 Å². The minimum Gasteiger partial charge on any atom is -0.311 e. The van der Waals surface area contributed by atoms with E-state index < -0.39 is 4.92 Å². The summed E-state index contributed by atoms with van der Waals surface area (Å²) in [5.74, 6) is 1.95. The number of fused-ring (bicyclic) bond motifs is 1. The SMILES string of the molecule is O=[N+]([O-])c1ccccc1C=Nc1ccc(-c2nnc3n2CCCCC3)cc1. The highest BCUT2D eigenvalue weighted by Crippen LogP contribution is 2.25. The van der Waals surface area contributed by atoms with Crippen molar-refractivity contribution >= 4 is 17.6 Å². The lowest BCUT2D eigenvalue weighted by Crippen LogP contribution is -2.02. The lowest BCUT2D eigenvalue weighted by molar-refractivity contribution is -0.385. The van der Waals surface area contributed by atoms with Crippen LogP contribution >= 0.6 is 0 Å². The van der Waals surface area contributed by atoms with Crippen molar-refractivity contribution in [3.8, 4) is 11.4 Å². The first-order valence-corrected chi connectivity index (χ1v) is 9.02. The molecule has 27 heavy (non-hydrogen) atoms. The summed E-state index contributed by atoms with van der Waals surface area (Å²) in [5.41, 5.74) is 2.26. The zero-order valence-electron chi connectivity index (χ0n) is 14.8. The van der Waals surface area contributed by atoms with Crippen LogP contribution in [-0.2, 0) is 13.0 Å². The summed E-state index contributed by atoms with van der Waals surface area (Å²) < 4.78 is 2.21. The first-order valence-electron chi connectivity index (χ1n) is 9.02. The number of aromatic nitrogens is 3. The van der Waals surface area contributed by atoms with Gasteiger partial charge in [0, 0.05) is 30.8 Å². The van der Waals surface area contributed by atoms with Crippen molar-refractivity contribution in [3.63, 3.8) is 0 Å². The quantitative estimate of drug-likeness (QED) is 0.393. The minimum absolute atomic E-state index is 0.0454. The van der Waals surface area contributed by atoms with Crippen LogP contribution in [0, 0.1) is 10.1 Å². The van der Waals surface area contributed by atoms with Gasteiger partial charge in [-0.2, -0.15) is 0 Å². The highest BCUT2D eigenvalue weighted by molar-refractivity contribution is 5.87. The third-order valence-corrected chi connectivity index (χ3v) is 4.72. The van der Waals surface area contributed by atoms with Crippen molar-refractivity contribution in [3.05, 3.63) is 70.0 Å². The maximum atomic E-state index is 11.1. The topological polar surface area (TPSA) is 86.2 Å². The fraction of sp³-hybridized carbons (Fsp3) is 0.250. The summed E-state index contributed by atoms with van der Waals surface area (Å²) in [4.78, 5) is 15.1. The molecule has 0 unspecified atom stereocenters. The molecular formula is C20H19N5O2. The Morgan fingerprint density at radius 2 is 1.85 bits per heavy atom. The maximum Gasteiger partial charge on any atom is 0.278 e. The first-order chi connectivity index (χ1) is 13.2. The molecule has 7 nitrogen and oxygen atoms in total. The molecule has 3 aromatic rings. The van der Waals surface area contributed by atoms with Crippen molar-refractivity contribution < 1.29 is 4.92 Å². The van der Waals surface area contributed by atoms with Crippen LogP contribution in [-0.4, -0.2) is 25.9 Å². The largest absolute Gasteiger partial charge is 0.311 e. The third-order valence-electron chi connectivity index (χ3n) is 4.72. The molecule has 0 atom stereocenters. The van der Waals surface area contributed by atoms with Gasteiger partial charge in [0.05, 0.1) is 16.2 Å². The van der Waals surface area contributed by atoms with Crippen molar-refractivity contribution in [2.24, 2.45) is 4.99 Å². The fourth-order valence-corrected chi connectivity index (χ4v) is 3.30. The lowest BCUT2D eigenvalue weighted by Gasteiger charge is -2.07. The van der Waals surface area contributed by atoms with Gasteiger partial charge in [0.15, 0.2) is 5.82 Å². The van der Waals surface area contributed by atoms with Crippen LogP contribution in [0.3, 0.4) is 0 Å². The number of aliphatic imine (C=N–C) groups is 1. The summed E-state index contributed by atoms with van der Waals surface area (Å²) >= 11 is 0. The van der Waals surface area contributed by atoms with Crippen LogP contribution < -0.4 is 0 Å². The van der Waals surface area contributed by atoms with Crippen LogP contribution in [0.1, 0.15) is 30.7 Å². The van der Waals surface area contributed by atoms with Crippen LogP contribution in [0.25, 0.3) is 11.4 Å². The average Bonchev–Trinajstić information content (AvgIpc) is 2.95. The van der Waals surface area contributed by atoms with E-state index in [1.807, 2.05) is 24.3 Å². The molecule has 1 aliphatic rings. The molecule has 0 radical (unpaired) electrons. The smallest absolute Gasteiger partial charge is 0.278 e. The first kappa shape index (κ1) is 17.1. The monoisotopic (exact) mass is 361 g/mol. The number of aryl methyl sites for hydroxylation is 1. The number of rotatable bonds is 4. The molecule has 0 N–H and O–H groups in total. The van der Waals surface area contributed by atoms with Gasteiger partial charge >= 0.3 is 0 Å². The molecule has 0 saturated carbocycles. The Morgan fingerprint density at radius 3 is 2.67 bits per heavy atom. The molecular weight excluding hydrogens is 342 g/mol. The third kappa shape index (κ3) is 3.62. The number of nitro groups is 1. The Bertz CT molecular complexity index is 992. The van der Waals surface area contributed by atoms with Gasteiger partial charge in [-0.1, -0.05) is 18.6 Å². The number of nitrogens with zero attached hydrogens (tertiary/aromatic N) is 5. The zero-order chi connectivity index (χ0) is 18.6. The van der Waals surface area contributed by atoms with Crippen LogP contribution in [0.2, 0.25) is 0 Å². The Morgan fingerprint density at radius 1 is 1.04 bits per heavy atom. The molecule has 0 aliphatic carbocycles. The normalized spacial score (nSPS) is 14.1. The highest BCUT2D eigenvalue weighted by Gasteiger charge is 2.15. The van der Waals surface area contributed by atoms with Crippen molar-refractivity contribution in [1.82, 2.24) is 14.8 Å². The standard InChI is InChI=1S/C20H19N5O2/c26-25(27)18-7-4-3-6-16(18)14-21-17-11-9-15(10-12-17)20-23-22-19-8-2-1-5-13-24(19)20/h3-4,6-7,9-12,14H,1-2,5,8,13H2. The molecule has 1 aliphatic heterocycles. The Kier molecular flexibility index (Phi) is 4.74. The highest BCUT2D eigenvalue weighted by atomic mass is 16.6. The van der Waals surface area contributed by atoms with Crippen molar-refractivity contribution in [2.45, 2.75) is 32.2 Å². The zero-order valence-corrected chi connectivity index (χ0v) is 14.8. The molecule has 0 fully saturated rings. The number of nitro benzene ring substituents is 1. The summed E-state index contributed by atoms with van der Waals surface area (Å²) in [5, 5.41) is 19.8. The van der Waals surface area contributed by atoms with Crippen LogP contribution in [0.4, 0.5) is 11.4 Å². The van der Waals surface area contributed by atoms with E-state index in [9.17, 15) is 10.1 Å². The molecule has 7 heteroatoms. The van der Waals surface area contributed by atoms with E-state index in [1.165, 1.54) is 18.7 Å². The van der Waals surface area contributed by atoms with Crippen LogP contribution in [0.5, 0.6) is 0 Å². The molecule has 0 spiro atoms. The molecule has 2 aromatic carbocycles. The van der Waals surface area contributed by atoms with Crippen molar-refractivity contribution in [1.29, 1.82) is 0 Å². The van der Waals surface area contributed by atoms with Gasteiger partial charge < -0.3 is 4.57 Å². The summed E-state index contributed by atoms with van der Waals surface area (Å²) in [6, 6.07) is 14.3. The molecule has 2 heterocycles. The van der Waals surface area contributed by atoms with Gasteiger partial charge in [-0.05, 0) is 43.2 Å². The maximum absolute atomic E-state index is 11.1. The van der Waals surface area contributed by atoms with Gasteiger partial charge in [0.1, 0.15) is 5.82 Å². The summed E-state index contributed by atoms with van der Waals surface area (Å²) in [6.45, 7) is 0.954. The molecule has 136 valence electrons. The summed E-state index contributed by atoms with van der Waals surface area (Å²) in [7, 11) is 0. The second kappa shape index (κ2) is 7.49. The fourth-order valence-electron chi connectivity index (χ4n) is 3.30. The van der Waals surface area contributed by atoms with Gasteiger partial charge in [0.2, 0.25) is 0 Å². The molecule has 4 rings (SSSR count). The molecule has 0 amide bonds. The molecule has 0 saturated heterocycles. The van der Waals surface area contributed by atoms with Gasteiger partial charge in [-0.3, -0.25) is 15.1 Å². The number of benzene rings is 2. The second-order valence-corrected chi connectivity index (χ2v) is 6.52. The van der Waals surface area contributed by atoms with Gasteiger partial charge in [-0.25, -0.2) is 0 Å². The van der Waals surface area contributed by atoms with E-state index in [1.54, 1.807) is 18.2 Å². The number of hydrogen-bond donors (Lipinski definition) is 0. The van der Waals surface area contributed by atoms with E-state index in [0.717, 1.165) is 48.7 Å². The predicted molar refractivity (Wildman–Crippen MR) is 103 cm³/mol. The van der Waals surface area contributed by atoms with Gasteiger partial charge in [-0.15, -0.1) is 10.2 Å². The molecule has 0 bridgehead atoms. The molecule has 1 aromatic heterocycles. The lowest BCUT2D eigenvalue weighted by atomic mass is 10.2. The predicted octanol–water partition coefficient (Wildman–Crippen LogP) is 4.33. The van der Waals surface area contributed by atoms with E-state index in [-0.39, 0.29) is 5.69 Å². The Labute approximate surface area is 156 Å². The Hall–Kier alpha value is -3.35. The minimum atomic E-state index is -0.401. The van der Waals surface area contributed by atoms with Crippen LogP contribution in [0.15, 0.2) is 53.5 Å². The number of para-hydroxylation sites is 1. The average molecular weight is 361 g/mol. The number of hydrogen-bond acceptors (Lipinski definition) is 5. The van der Waals surface area contributed by atoms with E-state index in [2.05, 4.69) is 19.8 Å².